The lowest BCUT2D eigenvalue weighted by Gasteiger charge is -2.58. The third-order valence-electron chi connectivity index (χ3n) is 17.9. The molecular weight excluding hydrogens is 831 g/mol. The first kappa shape index (κ1) is 56.0. The molecule has 1 heterocycles. The Bertz CT molecular complexity index is 1500. The van der Waals surface area contributed by atoms with Gasteiger partial charge in [0, 0.05) is 32.0 Å². The summed E-state index contributed by atoms with van der Waals surface area (Å²) >= 11 is 0. The van der Waals surface area contributed by atoms with Crippen molar-refractivity contribution in [3.63, 3.8) is 0 Å². The molecule has 0 amide bonds. The van der Waals surface area contributed by atoms with Gasteiger partial charge in [-0.3, -0.25) is 14.5 Å². The van der Waals surface area contributed by atoms with Gasteiger partial charge in [0.05, 0.1) is 38.8 Å². The SMILES string of the molecule is CCCCCC=CCC=CCCCCCCCCOC[C@@H](CN1CCC[C@H]1C)OCCCOC(=O)CCC(=O)O[C@H]1CC[C@@]2(C)C(=CCC3C2CC[C@@]2(C)C3CC[C@@H]2C(C)CCCC(C)C)C1. The standard InChI is InChI=1S/C60H103NO6/c1-8-9-10-11-12-13-14-15-16-17-18-19-20-21-22-23-41-64-46-52(45-61-40-25-29-49(61)5)65-42-26-43-66-57(62)34-35-58(63)67-51-36-38-59(6)50(44-51)30-31-53-55-33-32-54(48(4)28-24-27-47(2)3)60(55,7)39-37-56(53)59/h12-13,15-16,30,47-49,51-56H,8-11,14,17-29,31-46H2,1-7H3/t48?,49-,51+,52-,53?,54-,55?,56?,59+,60-/m1/s1. The molecule has 4 aliphatic carbocycles. The van der Waals surface area contributed by atoms with Crippen molar-refractivity contribution >= 4 is 11.9 Å². The molecule has 1 saturated heterocycles. The minimum atomic E-state index is -0.336. The summed E-state index contributed by atoms with van der Waals surface area (Å²) in [5.74, 6) is 4.31. The summed E-state index contributed by atoms with van der Waals surface area (Å²) in [6.07, 6.45) is 43.8. The minimum absolute atomic E-state index is 0.00987. The van der Waals surface area contributed by atoms with Crippen molar-refractivity contribution in [2.24, 2.45) is 46.3 Å². The van der Waals surface area contributed by atoms with Gasteiger partial charge in [0.15, 0.2) is 0 Å². The topological polar surface area (TPSA) is 74.3 Å². The second-order valence-corrected chi connectivity index (χ2v) is 23.4. The number of unbranched alkanes of at least 4 members (excludes halogenated alkanes) is 9. The van der Waals surface area contributed by atoms with Gasteiger partial charge in [-0.25, -0.2) is 0 Å². The smallest absolute Gasteiger partial charge is 0.306 e. The number of allylic oxidation sites excluding steroid dienone is 5. The maximum absolute atomic E-state index is 13.0. The lowest BCUT2D eigenvalue weighted by atomic mass is 9.47. The van der Waals surface area contributed by atoms with E-state index in [1.54, 1.807) is 0 Å². The van der Waals surface area contributed by atoms with Gasteiger partial charge in [0.1, 0.15) is 6.10 Å². The number of fused-ring (bicyclic) bond motifs is 5. The van der Waals surface area contributed by atoms with Gasteiger partial charge < -0.3 is 18.9 Å². The van der Waals surface area contributed by atoms with E-state index in [0.717, 1.165) is 87.3 Å². The molecule has 0 N–H and O–H groups in total. The average Bonchev–Trinajstić information content (AvgIpc) is 3.88. The van der Waals surface area contributed by atoms with Crippen molar-refractivity contribution in [2.75, 3.05) is 39.5 Å². The van der Waals surface area contributed by atoms with Gasteiger partial charge in [0.2, 0.25) is 0 Å². The van der Waals surface area contributed by atoms with E-state index in [-0.39, 0.29) is 42.4 Å². The second kappa shape index (κ2) is 30.0. The van der Waals surface area contributed by atoms with Gasteiger partial charge in [0.25, 0.3) is 0 Å². The predicted octanol–water partition coefficient (Wildman–Crippen LogP) is 15.4. The first-order valence-electron chi connectivity index (χ1n) is 28.7. The Labute approximate surface area is 412 Å². The van der Waals surface area contributed by atoms with Crippen LogP contribution in [0.25, 0.3) is 0 Å². The highest BCUT2D eigenvalue weighted by molar-refractivity contribution is 5.77. The van der Waals surface area contributed by atoms with Crippen LogP contribution in [-0.4, -0.2) is 74.6 Å². The van der Waals surface area contributed by atoms with Crippen molar-refractivity contribution < 1.29 is 28.5 Å². The Morgan fingerprint density at radius 2 is 1.52 bits per heavy atom. The normalized spacial score (nSPS) is 29.5. The number of hydrogen-bond donors (Lipinski definition) is 0. The van der Waals surface area contributed by atoms with E-state index < -0.39 is 0 Å². The Morgan fingerprint density at radius 3 is 2.27 bits per heavy atom. The Kier molecular flexibility index (Phi) is 25.1. The van der Waals surface area contributed by atoms with Gasteiger partial charge >= 0.3 is 11.9 Å². The van der Waals surface area contributed by atoms with E-state index in [1.807, 2.05) is 0 Å². The van der Waals surface area contributed by atoms with E-state index in [1.165, 1.54) is 134 Å². The van der Waals surface area contributed by atoms with Gasteiger partial charge in [-0.2, -0.15) is 0 Å². The van der Waals surface area contributed by atoms with Crippen molar-refractivity contribution in [1.82, 2.24) is 4.90 Å². The van der Waals surface area contributed by atoms with E-state index in [4.69, 9.17) is 18.9 Å². The average molecular weight is 934 g/mol. The number of likely N-dealkylation sites (tertiary alicyclic amines) is 1. The molecule has 0 aromatic rings. The van der Waals surface area contributed by atoms with Crippen LogP contribution in [-0.2, 0) is 28.5 Å². The van der Waals surface area contributed by atoms with E-state index in [0.29, 0.717) is 37.7 Å². The maximum Gasteiger partial charge on any atom is 0.306 e. The molecule has 67 heavy (non-hydrogen) atoms. The number of esters is 2. The Morgan fingerprint density at radius 1 is 0.776 bits per heavy atom. The molecule has 7 heteroatoms. The zero-order chi connectivity index (χ0) is 47.9. The monoisotopic (exact) mass is 934 g/mol. The number of carbonyl (C=O) groups is 2. The summed E-state index contributed by atoms with van der Waals surface area (Å²) < 4.78 is 24.1. The third-order valence-corrected chi connectivity index (χ3v) is 17.9. The lowest BCUT2D eigenvalue weighted by Crippen LogP contribution is -2.51. The van der Waals surface area contributed by atoms with Crippen molar-refractivity contribution in [3.05, 3.63) is 36.0 Å². The van der Waals surface area contributed by atoms with Crippen LogP contribution in [0.4, 0.5) is 0 Å². The first-order valence-corrected chi connectivity index (χ1v) is 28.7. The van der Waals surface area contributed by atoms with Crippen molar-refractivity contribution in [1.29, 1.82) is 0 Å². The van der Waals surface area contributed by atoms with Crippen LogP contribution < -0.4 is 0 Å². The lowest BCUT2D eigenvalue weighted by molar-refractivity contribution is -0.155. The molecule has 3 saturated carbocycles. The number of hydrogen-bond acceptors (Lipinski definition) is 7. The molecule has 4 unspecified atom stereocenters. The highest BCUT2D eigenvalue weighted by Crippen LogP contribution is 2.67. The first-order chi connectivity index (χ1) is 32.4. The van der Waals surface area contributed by atoms with E-state index in [2.05, 4.69) is 83.7 Å². The second-order valence-electron chi connectivity index (χ2n) is 23.4. The highest BCUT2D eigenvalue weighted by Gasteiger charge is 2.59. The Balaban J connectivity index is 0.911. The molecule has 384 valence electrons. The molecule has 4 fully saturated rings. The molecule has 0 spiro atoms. The zero-order valence-electron chi connectivity index (χ0n) is 44.5. The molecule has 0 bridgehead atoms. The van der Waals surface area contributed by atoms with Gasteiger partial charge in [-0.1, -0.05) is 135 Å². The molecule has 7 nitrogen and oxygen atoms in total. The fourth-order valence-electron chi connectivity index (χ4n) is 13.9. The Hall–Kier alpha value is -1.96. The molecule has 0 radical (unpaired) electrons. The molecule has 0 aromatic carbocycles. The van der Waals surface area contributed by atoms with Crippen LogP contribution in [0.1, 0.15) is 228 Å². The third kappa shape index (κ3) is 18.0. The number of carbonyl (C=O) groups excluding carboxylic acids is 2. The molecule has 5 rings (SSSR count). The number of rotatable bonds is 33. The molecular formula is C60H103NO6. The largest absolute Gasteiger partial charge is 0.466 e. The van der Waals surface area contributed by atoms with Gasteiger partial charge in [-0.05, 0) is 156 Å². The summed E-state index contributed by atoms with van der Waals surface area (Å²) in [4.78, 5) is 28.2. The summed E-state index contributed by atoms with van der Waals surface area (Å²) in [6.45, 7) is 21.3. The molecule has 10 atom stereocenters. The fraction of sp³-hybridized carbons (Fsp3) is 0.867. The van der Waals surface area contributed by atoms with Crippen molar-refractivity contribution in [2.45, 2.75) is 246 Å². The van der Waals surface area contributed by atoms with Crippen LogP contribution in [0.3, 0.4) is 0 Å². The van der Waals surface area contributed by atoms with E-state index in [9.17, 15) is 9.59 Å². The fourth-order valence-corrected chi connectivity index (χ4v) is 13.9. The molecule has 1 aliphatic heterocycles. The number of nitrogens with zero attached hydrogens (tertiary/aromatic N) is 1. The summed E-state index contributed by atoms with van der Waals surface area (Å²) in [6, 6.07) is 0.577. The highest BCUT2D eigenvalue weighted by atomic mass is 16.6. The number of ether oxygens (including phenoxy) is 4. The predicted molar refractivity (Wildman–Crippen MR) is 278 cm³/mol. The summed E-state index contributed by atoms with van der Waals surface area (Å²) in [7, 11) is 0. The summed E-state index contributed by atoms with van der Waals surface area (Å²) in [5.41, 5.74) is 2.26. The molecule has 0 aromatic heterocycles. The zero-order valence-corrected chi connectivity index (χ0v) is 44.5. The van der Waals surface area contributed by atoms with Gasteiger partial charge in [-0.15, -0.1) is 0 Å². The quantitative estimate of drug-likeness (QED) is 0.0369. The van der Waals surface area contributed by atoms with Crippen LogP contribution >= 0.6 is 0 Å². The minimum Gasteiger partial charge on any atom is -0.466 e. The van der Waals surface area contributed by atoms with Crippen LogP contribution in [0.2, 0.25) is 0 Å². The van der Waals surface area contributed by atoms with E-state index >= 15 is 0 Å². The van der Waals surface area contributed by atoms with Crippen LogP contribution in [0, 0.1) is 46.3 Å². The molecule has 5 aliphatic rings. The van der Waals surface area contributed by atoms with Crippen LogP contribution in [0.15, 0.2) is 36.0 Å². The maximum atomic E-state index is 13.0. The van der Waals surface area contributed by atoms with Crippen LogP contribution in [0.5, 0.6) is 0 Å². The van der Waals surface area contributed by atoms with Crippen molar-refractivity contribution in [3.8, 4) is 0 Å². The summed E-state index contributed by atoms with van der Waals surface area (Å²) in [5, 5.41) is 0.